The number of hydrogen-bond acceptors (Lipinski definition) is 4. The normalized spacial score (nSPS) is 14.7. The molecule has 0 radical (unpaired) electrons. The standard InChI is InChI=1S/C16H19N3OS/c1-11-14(8-10-18-15(20)12-5-4-6-12)21-16(19-11)13-7-2-3-9-17-13/h2-3,7,9,12H,4-6,8,10H2,1H3,(H,18,20). The van der Waals surface area contributed by atoms with E-state index in [0.29, 0.717) is 6.54 Å². The lowest BCUT2D eigenvalue weighted by Gasteiger charge is -2.23. The van der Waals surface area contributed by atoms with Crippen molar-refractivity contribution in [3.63, 3.8) is 0 Å². The summed E-state index contributed by atoms with van der Waals surface area (Å²) < 4.78 is 0. The smallest absolute Gasteiger partial charge is 0.223 e. The maximum Gasteiger partial charge on any atom is 0.223 e. The number of amides is 1. The lowest BCUT2D eigenvalue weighted by Crippen LogP contribution is -2.35. The fourth-order valence-electron chi connectivity index (χ4n) is 2.37. The van der Waals surface area contributed by atoms with Crippen LogP contribution in [0, 0.1) is 12.8 Å². The minimum Gasteiger partial charge on any atom is -0.356 e. The predicted octanol–water partition coefficient (Wildman–Crippen LogP) is 2.97. The van der Waals surface area contributed by atoms with Gasteiger partial charge in [-0.25, -0.2) is 4.98 Å². The molecule has 2 aromatic heterocycles. The van der Waals surface area contributed by atoms with Gasteiger partial charge in [0.25, 0.3) is 0 Å². The van der Waals surface area contributed by atoms with Gasteiger partial charge in [0, 0.05) is 30.0 Å². The van der Waals surface area contributed by atoms with Gasteiger partial charge in [0.05, 0.1) is 11.4 Å². The summed E-state index contributed by atoms with van der Waals surface area (Å²) in [6.07, 6.45) is 5.92. The molecular weight excluding hydrogens is 282 g/mol. The van der Waals surface area contributed by atoms with Crippen LogP contribution in [0.2, 0.25) is 0 Å². The van der Waals surface area contributed by atoms with Gasteiger partial charge in [0.2, 0.25) is 5.91 Å². The summed E-state index contributed by atoms with van der Waals surface area (Å²) in [5, 5.41) is 3.99. The molecule has 0 spiro atoms. The van der Waals surface area contributed by atoms with Crippen LogP contribution in [0.3, 0.4) is 0 Å². The fourth-order valence-corrected chi connectivity index (χ4v) is 3.41. The molecule has 5 heteroatoms. The van der Waals surface area contributed by atoms with Gasteiger partial charge in [-0.1, -0.05) is 12.5 Å². The van der Waals surface area contributed by atoms with Crippen LogP contribution < -0.4 is 5.32 Å². The summed E-state index contributed by atoms with van der Waals surface area (Å²) in [6.45, 7) is 2.71. The van der Waals surface area contributed by atoms with Crippen molar-refractivity contribution in [2.24, 2.45) is 5.92 Å². The molecule has 1 saturated carbocycles. The minimum absolute atomic E-state index is 0.216. The highest BCUT2D eigenvalue weighted by molar-refractivity contribution is 7.15. The Balaban J connectivity index is 1.58. The Kier molecular flexibility index (Phi) is 4.29. The first-order valence-electron chi connectivity index (χ1n) is 7.39. The lowest BCUT2D eigenvalue weighted by atomic mass is 9.85. The van der Waals surface area contributed by atoms with Crippen molar-refractivity contribution < 1.29 is 4.79 Å². The Morgan fingerprint density at radius 1 is 1.43 bits per heavy atom. The van der Waals surface area contributed by atoms with E-state index in [1.165, 1.54) is 11.3 Å². The molecular formula is C16H19N3OS. The van der Waals surface area contributed by atoms with E-state index >= 15 is 0 Å². The summed E-state index contributed by atoms with van der Waals surface area (Å²) in [7, 11) is 0. The van der Waals surface area contributed by atoms with E-state index in [4.69, 9.17) is 0 Å². The molecule has 1 aliphatic rings. The zero-order valence-electron chi connectivity index (χ0n) is 12.1. The van der Waals surface area contributed by atoms with Crippen LogP contribution in [0.4, 0.5) is 0 Å². The molecule has 0 aromatic carbocycles. The number of rotatable bonds is 5. The SMILES string of the molecule is Cc1nc(-c2ccccn2)sc1CCNC(=O)C1CCC1. The highest BCUT2D eigenvalue weighted by atomic mass is 32.1. The molecule has 3 rings (SSSR count). The molecule has 0 aliphatic heterocycles. The molecule has 0 unspecified atom stereocenters. The molecule has 0 atom stereocenters. The highest BCUT2D eigenvalue weighted by Gasteiger charge is 2.24. The number of thiazole rings is 1. The minimum atomic E-state index is 0.216. The van der Waals surface area contributed by atoms with Gasteiger partial charge in [-0.05, 0) is 31.9 Å². The zero-order valence-corrected chi connectivity index (χ0v) is 12.9. The Hall–Kier alpha value is -1.75. The lowest BCUT2D eigenvalue weighted by molar-refractivity contribution is -0.127. The van der Waals surface area contributed by atoms with E-state index in [0.717, 1.165) is 35.7 Å². The van der Waals surface area contributed by atoms with Crippen LogP contribution in [-0.4, -0.2) is 22.4 Å². The van der Waals surface area contributed by atoms with Gasteiger partial charge in [-0.3, -0.25) is 9.78 Å². The third-order valence-electron chi connectivity index (χ3n) is 3.90. The van der Waals surface area contributed by atoms with E-state index < -0.39 is 0 Å². The molecule has 110 valence electrons. The van der Waals surface area contributed by atoms with Crippen molar-refractivity contribution >= 4 is 17.2 Å². The van der Waals surface area contributed by atoms with Crippen molar-refractivity contribution in [3.05, 3.63) is 35.0 Å². The molecule has 0 bridgehead atoms. The van der Waals surface area contributed by atoms with E-state index in [1.54, 1.807) is 17.5 Å². The van der Waals surface area contributed by atoms with Crippen LogP contribution >= 0.6 is 11.3 Å². The van der Waals surface area contributed by atoms with Crippen molar-refractivity contribution in [3.8, 4) is 10.7 Å². The van der Waals surface area contributed by atoms with Crippen molar-refractivity contribution in [1.29, 1.82) is 0 Å². The molecule has 2 aromatic rings. The molecule has 1 N–H and O–H groups in total. The number of carbonyl (C=O) groups excluding carboxylic acids is 1. The first kappa shape index (κ1) is 14.2. The van der Waals surface area contributed by atoms with Crippen LogP contribution in [0.15, 0.2) is 24.4 Å². The maximum atomic E-state index is 11.8. The molecule has 4 nitrogen and oxygen atoms in total. The van der Waals surface area contributed by atoms with E-state index in [1.807, 2.05) is 25.1 Å². The third-order valence-corrected chi connectivity index (χ3v) is 5.14. The Morgan fingerprint density at radius 2 is 2.29 bits per heavy atom. The zero-order chi connectivity index (χ0) is 14.7. The first-order valence-corrected chi connectivity index (χ1v) is 8.21. The van der Waals surface area contributed by atoms with Crippen molar-refractivity contribution in [2.45, 2.75) is 32.6 Å². The maximum absolute atomic E-state index is 11.8. The molecule has 1 amide bonds. The van der Waals surface area contributed by atoms with Gasteiger partial charge < -0.3 is 5.32 Å². The number of hydrogen-bond donors (Lipinski definition) is 1. The van der Waals surface area contributed by atoms with Gasteiger partial charge in [0.1, 0.15) is 5.01 Å². The number of aryl methyl sites for hydroxylation is 1. The number of nitrogens with zero attached hydrogens (tertiary/aromatic N) is 2. The third kappa shape index (κ3) is 3.29. The molecule has 21 heavy (non-hydrogen) atoms. The average Bonchev–Trinajstić information content (AvgIpc) is 2.79. The van der Waals surface area contributed by atoms with Gasteiger partial charge >= 0.3 is 0 Å². The average molecular weight is 301 g/mol. The monoisotopic (exact) mass is 301 g/mol. The summed E-state index contributed by atoms with van der Waals surface area (Å²) in [5.41, 5.74) is 1.95. The van der Waals surface area contributed by atoms with E-state index in [9.17, 15) is 4.79 Å². The first-order chi connectivity index (χ1) is 10.2. The van der Waals surface area contributed by atoms with Crippen LogP contribution in [-0.2, 0) is 11.2 Å². The van der Waals surface area contributed by atoms with Crippen molar-refractivity contribution in [1.82, 2.24) is 15.3 Å². The second kappa shape index (κ2) is 6.35. The summed E-state index contributed by atoms with van der Waals surface area (Å²) in [5.74, 6) is 0.477. The molecule has 1 aliphatic carbocycles. The Labute approximate surface area is 128 Å². The summed E-state index contributed by atoms with van der Waals surface area (Å²) in [6, 6.07) is 5.85. The van der Waals surface area contributed by atoms with Gasteiger partial charge in [-0.2, -0.15) is 0 Å². The Bertz CT molecular complexity index is 620. The van der Waals surface area contributed by atoms with Gasteiger partial charge in [-0.15, -0.1) is 11.3 Å². The number of carbonyl (C=O) groups is 1. The van der Waals surface area contributed by atoms with Crippen LogP contribution in [0.25, 0.3) is 10.7 Å². The second-order valence-electron chi connectivity index (χ2n) is 5.41. The Morgan fingerprint density at radius 3 is 2.95 bits per heavy atom. The van der Waals surface area contributed by atoms with Crippen LogP contribution in [0.1, 0.15) is 29.8 Å². The topological polar surface area (TPSA) is 54.9 Å². The number of pyridine rings is 1. The largest absolute Gasteiger partial charge is 0.356 e. The summed E-state index contributed by atoms with van der Waals surface area (Å²) in [4.78, 5) is 21.9. The number of nitrogens with one attached hydrogen (secondary N) is 1. The van der Waals surface area contributed by atoms with Crippen LogP contribution in [0.5, 0.6) is 0 Å². The van der Waals surface area contributed by atoms with Crippen molar-refractivity contribution in [2.75, 3.05) is 6.54 Å². The molecule has 2 heterocycles. The predicted molar refractivity (Wildman–Crippen MR) is 84.1 cm³/mol. The fraction of sp³-hybridized carbons (Fsp3) is 0.438. The number of aromatic nitrogens is 2. The van der Waals surface area contributed by atoms with E-state index in [-0.39, 0.29) is 11.8 Å². The highest BCUT2D eigenvalue weighted by Crippen LogP contribution is 2.27. The van der Waals surface area contributed by atoms with E-state index in [2.05, 4.69) is 15.3 Å². The van der Waals surface area contributed by atoms with Gasteiger partial charge in [0.15, 0.2) is 0 Å². The second-order valence-corrected chi connectivity index (χ2v) is 6.50. The summed E-state index contributed by atoms with van der Waals surface area (Å²) >= 11 is 1.67. The molecule has 0 saturated heterocycles. The quantitative estimate of drug-likeness (QED) is 0.923. The molecule has 1 fully saturated rings.